The Balaban J connectivity index is 1.36. The molecule has 0 saturated carbocycles. The maximum atomic E-state index is 12.7. The fourth-order valence-corrected chi connectivity index (χ4v) is 3.46. The number of likely N-dealkylation sites (tertiary alicyclic amines) is 1. The second kappa shape index (κ2) is 7.37. The number of morpholine rings is 1. The van der Waals surface area contributed by atoms with Gasteiger partial charge in [-0.3, -0.25) is 9.69 Å². The van der Waals surface area contributed by atoms with Crippen molar-refractivity contribution in [2.24, 2.45) is 5.92 Å². The van der Waals surface area contributed by atoms with Gasteiger partial charge in [0.2, 0.25) is 17.6 Å². The molecule has 0 unspecified atom stereocenters. The molecule has 0 spiro atoms. The summed E-state index contributed by atoms with van der Waals surface area (Å²) in [7, 11) is 0. The predicted octanol–water partition coefficient (Wildman–Crippen LogP) is 1.40. The van der Waals surface area contributed by atoms with Crippen LogP contribution in [0.1, 0.15) is 18.7 Å². The molecule has 25 heavy (non-hydrogen) atoms. The summed E-state index contributed by atoms with van der Waals surface area (Å²) in [5.41, 5.74) is 0. The van der Waals surface area contributed by atoms with Crippen LogP contribution in [0.2, 0.25) is 0 Å². The average Bonchev–Trinajstić information content (AvgIpc) is 3.34. The van der Waals surface area contributed by atoms with Crippen LogP contribution in [0.5, 0.6) is 0 Å². The van der Waals surface area contributed by atoms with Crippen molar-refractivity contribution in [3.8, 4) is 11.6 Å². The van der Waals surface area contributed by atoms with Crippen LogP contribution >= 0.6 is 0 Å². The van der Waals surface area contributed by atoms with Crippen LogP contribution in [0.4, 0.5) is 0 Å². The van der Waals surface area contributed by atoms with Crippen molar-refractivity contribution in [1.82, 2.24) is 19.9 Å². The summed E-state index contributed by atoms with van der Waals surface area (Å²) in [6, 6.07) is 3.59. The van der Waals surface area contributed by atoms with E-state index in [1.165, 1.54) is 0 Å². The van der Waals surface area contributed by atoms with Crippen molar-refractivity contribution in [2.75, 3.05) is 39.4 Å². The summed E-state index contributed by atoms with van der Waals surface area (Å²) in [5.74, 6) is 1.88. The van der Waals surface area contributed by atoms with Gasteiger partial charge in [-0.2, -0.15) is 4.98 Å². The fourth-order valence-electron chi connectivity index (χ4n) is 3.46. The summed E-state index contributed by atoms with van der Waals surface area (Å²) < 4.78 is 15.9. The lowest BCUT2D eigenvalue weighted by Gasteiger charge is -2.35. The molecule has 1 amide bonds. The topological polar surface area (TPSA) is 84.8 Å². The van der Waals surface area contributed by atoms with Gasteiger partial charge in [-0.1, -0.05) is 5.16 Å². The van der Waals surface area contributed by atoms with Gasteiger partial charge >= 0.3 is 0 Å². The lowest BCUT2D eigenvalue weighted by molar-refractivity contribution is -0.141. The normalized spacial score (nSPS) is 22.2. The molecule has 2 aromatic heterocycles. The number of piperidine rings is 1. The number of hydrogen-bond acceptors (Lipinski definition) is 7. The first-order valence-corrected chi connectivity index (χ1v) is 8.75. The number of amides is 1. The van der Waals surface area contributed by atoms with E-state index in [4.69, 9.17) is 13.7 Å². The average molecular weight is 346 g/mol. The third kappa shape index (κ3) is 3.74. The minimum atomic E-state index is 0.0410. The van der Waals surface area contributed by atoms with Crippen LogP contribution in [0.3, 0.4) is 0 Å². The maximum Gasteiger partial charge on any atom is 0.241 e. The number of carbonyl (C=O) groups is 1. The van der Waals surface area contributed by atoms with Gasteiger partial charge in [-0.25, -0.2) is 0 Å². The number of nitrogens with zero attached hydrogens (tertiary/aromatic N) is 4. The van der Waals surface area contributed by atoms with Crippen LogP contribution in [0.15, 0.2) is 27.3 Å². The highest BCUT2D eigenvalue weighted by molar-refractivity contribution is 5.79. The molecule has 0 aliphatic carbocycles. The summed E-state index contributed by atoms with van der Waals surface area (Å²) >= 11 is 0. The molecule has 2 aromatic rings. The van der Waals surface area contributed by atoms with Gasteiger partial charge in [-0.15, -0.1) is 0 Å². The molecule has 4 rings (SSSR count). The number of furan rings is 1. The molecule has 8 heteroatoms. The lowest BCUT2D eigenvalue weighted by Crippen LogP contribution is -2.48. The molecular formula is C17H22N4O4. The van der Waals surface area contributed by atoms with Crippen LogP contribution in [-0.4, -0.2) is 65.2 Å². The Morgan fingerprint density at radius 2 is 2.16 bits per heavy atom. The highest BCUT2D eigenvalue weighted by Gasteiger charge is 2.30. The summed E-state index contributed by atoms with van der Waals surface area (Å²) in [5, 5.41) is 3.96. The molecule has 0 aromatic carbocycles. The monoisotopic (exact) mass is 346 g/mol. The first-order chi connectivity index (χ1) is 12.3. The third-order valence-corrected chi connectivity index (χ3v) is 4.75. The molecule has 2 saturated heterocycles. The predicted molar refractivity (Wildman–Crippen MR) is 87.4 cm³/mol. The van der Waals surface area contributed by atoms with E-state index in [0.717, 1.165) is 25.9 Å². The van der Waals surface area contributed by atoms with E-state index >= 15 is 0 Å². The summed E-state index contributed by atoms with van der Waals surface area (Å²) in [4.78, 5) is 21.2. The van der Waals surface area contributed by atoms with E-state index in [1.54, 1.807) is 18.4 Å². The zero-order valence-corrected chi connectivity index (χ0v) is 14.1. The van der Waals surface area contributed by atoms with E-state index in [1.807, 2.05) is 4.90 Å². The van der Waals surface area contributed by atoms with Gasteiger partial charge in [0.05, 0.1) is 31.9 Å². The molecule has 0 bridgehead atoms. The molecular weight excluding hydrogens is 324 g/mol. The smallest absolute Gasteiger partial charge is 0.241 e. The molecule has 8 nitrogen and oxygen atoms in total. The maximum absolute atomic E-state index is 12.7. The van der Waals surface area contributed by atoms with E-state index < -0.39 is 0 Å². The highest BCUT2D eigenvalue weighted by atomic mass is 16.5. The fraction of sp³-hybridized carbons (Fsp3) is 0.588. The highest BCUT2D eigenvalue weighted by Crippen LogP contribution is 2.22. The Kier molecular flexibility index (Phi) is 4.80. The number of rotatable bonds is 4. The van der Waals surface area contributed by atoms with E-state index in [2.05, 4.69) is 15.0 Å². The van der Waals surface area contributed by atoms with Crippen molar-refractivity contribution >= 4 is 5.91 Å². The molecule has 1 atom stereocenters. The van der Waals surface area contributed by atoms with Crippen LogP contribution in [-0.2, 0) is 16.1 Å². The zero-order chi connectivity index (χ0) is 17.1. The quantitative estimate of drug-likeness (QED) is 0.827. The van der Waals surface area contributed by atoms with Crippen LogP contribution < -0.4 is 0 Å². The molecule has 2 aliphatic heterocycles. The van der Waals surface area contributed by atoms with E-state index in [-0.39, 0.29) is 11.8 Å². The van der Waals surface area contributed by atoms with Gasteiger partial charge < -0.3 is 18.6 Å². The van der Waals surface area contributed by atoms with Crippen LogP contribution in [0, 0.1) is 5.92 Å². The van der Waals surface area contributed by atoms with Gasteiger partial charge in [0.25, 0.3) is 0 Å². The Bertz CT molecular complexity index is 693. The number of aromatic nitrogens is 2. The molecule has 4 heterocycles. The summed E-state index contributed by atoms with van der Waals surface area (Å²) in [6.45, 7) is 4.90. The number of carbonyl (C=O) groups excluding carboxylic acids is 1. The minimum Gasteiger partial charge on any atom is -0.461 e. The molecule has 0 radical (unpaired) electrons. The molecule has 2 aliphatic rings. The van der Waals surface area contributed by atoms with Gasteiger partial charge in [0.15, 0.2) is 5.76 Å². The second-order valence-corrected chi connectivity index (χ2v) is 6.50. The summed E-state index contributed by atoms with van der Waals surface area (Å²) in [6.07, 6.45) is 3.52. The van der Waals surface area contributed by atoms with Crippen molar-refractivity contribution in [3.63, 3.8) is 0 Å². The van der Waals surface area contributed by atoms with E-state index in [0.29, 0.717) is 50.3 Å². The number of ether oxygens (including phenoxy) is 1. The van der Waals surface area contributed by atoms with Crippen molar-refractivity contribution in [3.05, 3.63) is 24.3 Å². The standard InChI is InChI=1S/C17H22N4O4/c22-17(21-6-9-23-10-7-21)13-3-1-5-20(11-13)12-15-18-16(19-25-15)14-4-2-8-24-14/h2,4,8,13H,1,3,5-7,9-12H2/t13-/m1/s1. The van der Waals surface area contributed by atoms with Gasteiger partial charge in [0, 0.05) is 19.6 Å². The van der Waals surface area contributed by atoms with Crippen molar-refractivity contribution < 1.29 is 18.5 Å². The first-order valence-electron chi connectivity index (χ1n) is 8.75. The third-order valence-electron chi connectivity index (χ3n) is 4.75. The minimum absolute atomic E-state index is 0.0410. The zero-order valence-electron chi connectivity index (χ0n) is 14.1. The van der Waals surface area contributed by atoms with Crippen molar-refractivity contribution in [2.45, 2.75) is 19.4 Å². The Morgan fingerprint density at radius 3 is 2.96 bits per heavy atom. The van der Waals surface area contributed by atoms with Gasteiger partial charge in [0.1, 0.15) is 0 Å². The molecule has 0 N–H and O–H groups in total. The SMILES string of the molecule is O=C([C@@H]1CCCN(Cc2nc(-c3ccco3)no2)C1)N1CCOCC1. The Labute approximate surface area is 145 Å². The molecule has 134 valence electrons. The van der Waals surface area contributed by atoms with Crippen LogP contribution in [0.25, 0.3) is 11.6 Å². The van der Waals surface area contributed by atoms with Gasteiger partial charge in [-0.05, 0) is 31.5 Å². The number of hydrogen-bond donors (Lipinski definition) is 0. The van der Waals surface area contributed by atoms with Crippen molar-refractivity contribution in [1.29, 1.82) is 0 Å². The second-order valence-electron chi connectivity index (χ2n) is 6.50. The Hall–Kier alpha value is -2.19. The largest absolute Gasteiger partial charge is 0.461 e. The Morgan fingerprint density at radius 1 is 1.28 bits per heavy atom. The first kappa shape index (κ1) is 16.3. The molecule has 2 fully saturated rings. The lowest BCUT2D eigenvalue weighted by atomic mass is 9.96. The van der Waals surface area contributed by atoms with E-state index in [9.17, 15) is 4.79 Å².